The maximum absolute atomic E-state index is 12.6. The van der Waals surface area contributed by atoms with Gasteiger partial charge in [0.05, 0.1) is 0 Å². The first-order valence-electron chi connectivity index (χ1n) is 3.84. The minimum atomic E-state index is -0.193. The van der Waals surface area contributed by atoms with E-state index in [0.29, 0.717) is 6.54 Å². The van der Waals surface area contributed by atoms with Crippen LogP contribution in [0.5, 0.6) is 0 Å². The molecule has 0 bridgehead atoms. The summed E-state index contributed by atoms with van der Waals surface area (Å²) in [5.41, 5.74) is 0.941. The van der Waals surface area contributed by atoms with Gasteiger partial charge in [-0.25, -0.2) is 4.39 Å². The monoisotopic (exact) mass is 185 g/mol. The predicted octanol–water partition coefficient (Wildman–Crippen LogP) is 2.19. The zero-order valence-corrected chi connectivity index (χ0v) is 7.81. The Bertz CT molecular complexity index is 250. The summed E-state index contributed by atoms with van der Waals surface area (Å²) >= 11 is 4.15. The molecule has 0 heterocycles. The Morgan fingerprint density at radius 2 is 2.33 bits per heavy atom. The van der Waals surface area contributed by atoms with E-state index in [2.05, 4.69) is 17.9 Å². The Kier molecular flexibility index (Phi) is 3.56. The van der Waals surface area contributed by atoms with Crippen molar-refractivity contribution in [2.45, 2.75) is 18.8 Å². The van der Waals surface area contributed by atoms with Crippen LogP contribution >= 0.6 is 12.6 Å². The molecule has 1 aromatic carbocycles. The van der Waals surface area contributed by atoms with Crippen LogP contribution in [0.15, 0.2) is 24.3 Å². The lowest BCUT2D eigenvalue weighted by molar-refractivity contribution is 0.620. The minimum Gasteiger partial charge on any atom is -0.302 e. The van der Waals surface area contributed by atoms with E-state index >= 15 is 0 Å². The van der Waals surface area contributed by atoms with Crippen LogP contribution in [0.4, 0.5) is 4.39 Å². The van der Waals surface area contributed by atoms with E-state index in [1.807, 2.05) is 13.0 Å². The molecule has 1 rings (SSSR count). The van der Waals surface area contributed by atoms with Crippen molar-refractivity contribution < 1.29 is 4.39 Å². The lowest BCUT2D eigenvalue weighted by Gasteiger charge is -2.06. The zero-order chi connectivity index (χ0) is 8.97. The fourth-order valence-electron chi connectivity index (χ4n) is 0.912. The van der Waals surface area contributed by atoms with Gasteiger partial charge in [-0.2, -0.15) is 12.6 Å². The Hall–Kier alpha value is -0.540. The first-order chi connectivity index (χ1) is 5.68. The van der Waals surface area contributed by atoms with E-state index in [0.717, 1.165) is 5.56 Å². The molecule has 1 unspecified atom stereocenters. The number of hydrogen-bond acceptors (Lipinski definition) is 2. The van der Waals surface area contributed by atoms with Crippen LogP contribution in [0.3, 0.4) is 0 Å². The van der Waals surface area contributed by atoms with Gasteiger partial charge in [-0.3, -0.25) is 0 Å². The molecular weight excluding hydrogens is 173 g/mol. The summed E-state index contributed by atoms with van der Waals surface area (Å²) in [6, 6.07) is 6.54. The van der Waals surface area contributed by atoms with Crippen LogP contribution in [-0.2, 0) is 6.54 Å². The number of hydrogen-bond donors (Lipinski definition) is 2. The molecule has 0 amide bonds. The summed E-state index contributed by atoms with van der Waals surface area (Å²) in [4.78, 5) is 0. The highest BCUT2D eigenvalue weighted by molar-refractivity contribution is 7.80. The summed E-state index contributed by atoms with van der Waals surface area (Å²) in [6.45, 7) is 2.59. The van der Waals surface area contributed by atoms with Gasteiger partial charge in [0.2, 0.25) is 0 Å². The fourth-order valence-corrected chi connectivity index (χ4v) is 1.00. The standard InChI is InChI=1S/C9H12FNS/c1-7(12)11-6-8-3-2-4-9(10)5-8/h2-5,7,11-12H,6H2,1H3. The SMILES string of the molecule is CC(S)NCc1cccc(F)c1. The largest absolute Gasteiger partial charge is 0.302 e. The molecular formula is C9H12FNS. The Morgan fingerprint density at radius 1 is 1.58 bits per heavy atom. The topological polar surface area (TPSA) is 12.0 Å². The predicted molar refractivity (Wildman–Crippen MR) is 51.7 cm³/mol. The van der Waals surface area contributed by atoms with Crippen molar-refractivity contribution in [2.75, 3.05) is 0 Å². The fraction of sp³-hybridized carbons (Fsp3) is 0.333. The molecule has 0 spiro atoms. The van der Waals surface area contributed by atoms with Gasteiger partial charge in [0.1, 0.15) is 5.82 Å². The van der Waals surface area contributed by atoms with E-state index in [-0.39, 0.29) is 11.2 Å². The lowest BCUT2D eigenvalue weighted by Crippen LogP contribution is -2.19. The van der Waals surface area contributed by atoms with Gasteiger partial charge in [-0.05, 0) is 24.6 Å². The molecule has 1 N–H and O–H groups in total. The first kappa shape index (κ1) is 9.55. The summed E-state index contributed by atoms with van der Waals surface area (Å²) < 4.78 is 12.6. The molecule has 66 valence electrons. The van der Waals surface area contributed by atoms with Gasteiger partial charge >= 0.3 is 0 Å². The molecule has 1 atom stereocenters. The van der Waals surface area contributed by atoms with Gasteiger partial charge < -0.3 is 5.32 Å². The molecule has 0 aliphatic carbocycles. The number of rotatable bonds is 3. The Labute approximate surface area is 77.4 Å². The average Bonchev–Trinajstić information content (AvgIpc) is 2.01. The van der Waals surface area contributed by atoms with Crippen LogP contribution in [0.25, 0.3) is 0 Å². The van der Waals surface area contributed by atoms with Crippen LogP contribution in [-0.4, -0.2) is 5.37 Å². The molecule has 0 aliphatic heterocycles. The summed E-state index contributed by atoms with van der Waals surface area (Å²) in [7, 11) is 0. The van der Waals surface area contributed by atoms with Crippen molar-refractivity contribution in [1.82, 2.24) is 5.32 Å². The highest BCUT2D eigenvalue weighted by Gasteiger charge is 1.96. The second-order valence-electron chi connectivity index (χ2n) is 2.69. The van der Waals surface area contributed by atoms with Crippen molar-refractivity contribution >= 4 is 12.6 Å². The van der Waals surface area contributed by atoms with E-state index in [1.165, 1.54) is 12.1 Å². The summed E-state index contributed by atoms with van der Waals surface area (Å²) in [5.74, 6) is -0.193. The second kappa shape index (κ2) is 4.48. The number of thiol groups is 1. The molecule has 12 heavy (non-hydrogen) atoms. The van der Waals surface area contributed by atoms with E-state index in [1.54, 1.807) is 6.07 Å². The van der Waals surface area contributed by atoms with Crippen molar-refractivity contribution in [3.8, 4) is 0 Å². The van der Waals surface area contributed by atoms with Crippen LogP contribution in [0.1, 0.15) is 12.5 Å². The lowest BCUT2D eigenvalue weighted by atomic mass is 10.2. The number of halogens is 1. The maximum atomic E-state index is 12.6. The smallest absolute Gasteiger partial charge is 0.123 e. The maximum Gasteiger partial charge on any atom is 0.123 e. The van der Waals surface area contributed by atoms with Gasteiger partial charge in [0, 0.05) is 11.9 Å². The van der Waals surface area contributed by atoms with Crippen LogP contribution in [0, 0.1) is 5.82 Å². The van der Waals surface area contributed by atoms with Crippen molar-refractivity contribution in [3.63, 3.8) is 0 Å². The molecule has 3 heteroatoms. The normalized spacial score (nSPS) is 12.9. The van der Waals surface area contributed by atoms with Crippen LogP contribution in [0.2, 0.25) is 0 Å². The summed E-state index contributed by atoms with van der Waals surface area (Å²) in [6.07, 6.45) is 0. The molecule has 1 nitrogen and oxygen atoms in total. The minimum absolute atomic E-state index is 0.133. The third-order valence-electron chi connectivity index (χ3n) is 1.49. The second-order valence-corrected chi connectivity index (χ2v) is 3.46. The molecule has 0 radical (unpaired) electrons. The molecule has 1 aromatic rings. The first-order valence-corrected chi connectivity index (χ1v) is 4.36. The number of nitrogens with one attached hydrogen (secondary N) is 1. The molecule has 0 saturated heterocycles. The highest BCUT2D eigenvalue weighted by atomic mass is 32.1. The third-order valence-corrected chi connectivity index (χ3v) is 1.67. The molecule has 0 saturated carbocycles. The summed E-state index contributed by atoms with van der Waals surface area (Å²) in [5, 5.41) is 3.22. The van der Waals surface area contributed by atoms with Crippen molar-refractivity contribution in [1.29, 1.82) is 0 Å². The average molecular weight is 185 g/mol. The zero-order valence-electron chi connectivity index (χ0n) is 6.92. The molecule has 0 fully saturated rings. The van der Waals surface area contributed by atoms with Crippen LogP contribution < -0.4 is 5.32 Å². The Balaban J connectivity index is 2.52. The Morgan fingerprint density at radius 3 is 2.92 bits per heavy atom. The van der Waals surface area contributed by atoms with Crippen molar-refractivity contribution in [2.24, 2.45) is 0 Å². The third kappa shape index (κ3) is 3.24. The van der Waals surface area contributed by atoms with E-state index < -0.39 is 0 Å². The van der Waals surface area contributed by atoms with Gasteiger partial charge in [0.15, 0.2) is 0 Å². The number of benzene rings is 1. The van der Waals surface area contributed by atoms with E-state index in [9.17, 15) is 4.39 Å². The van der Waals surface area contributed by atoms with Gasteiger partial charge in [-0.1, -0.05) is 12.1 Å². The quantitative estimate of drug-likeness (QED) is 0.543. The van der Waals surface area contributed by atoms with Crippen molar-refractivity contribution in [3.05, 3.63) is 35.6 Å². The van der Waals surface area contributed by atoms with Gasteiger partial charge in [0.25, 0.3) is 0 Å². The van der Waals surface area contributed by atoms with E-state index in [4.69, 9.17) is 0 Å². The molecule has 0 aromatic heterocycles. The van der Waals surface area contributed by atoms with Gasteiger partial charge in [-0.15, -0.1) is 0 Å². The highest BCUT2D eigenvalue weighted by Crippen LogP contribution is 2.03. The molecule has 0 aliphatic rings.